The Morgan fingerprint density at radius 1 is 1.46 bits per heavy atom. The van der Waals surface area contributed by atoms with Crippen LogP contribution >= 0.6 is 11.6 Å². The topological polar surface area (TPSA) is 104 Å². The molecule has 2 atom stereocenters. The lowest BCUT2D eigenvalue weighted by Crippen LogP contribution is -2.31. The summed E-state index contributed by atoms with van der Waals surface area (Å²) in [7, 11) is 1.80. The first-order valence-electron chi connectivity index (χ1n) is 8.57. The van der Waals surface area contributed by atoms with Gasteiger partial charge in [0.2, 0.25) is 11.9 Å². The highest BCUT2D eigenvalue weighted by molar-refractivity contribution is 6.36. The van der Waals surface area contributed by atoms with Crippen molar-refractivity contribution >= 4 is 46.0 Å². The number of carbonyl (C=O) groups is 1. The number of H-pyrrole nitrogens is 1. The van der Waals surface area contributed by atoms with Crippen LogP contribution in [0.2, 0.25) is 5.02 Å². The van der Waals surface area contributed by atoms with Crippen molar-refractivity contribution in [3.05, 3.63) is 36.3 Å². The van der Waals surface area contributed by atoms with Crippen LogP contribution in [0.15, 0.2) is 31.2 Å². The van der Waals surface area contributed by atoms with Gasteiger partial charge in [0.1, 0.15) is 17.6 Å². The highest BCUT2D eigenvalue weighted by Crippen LogP contribution is 2.31. The van der Waals surface area contributed by atoms with Gasteiger partial charge in [-0.05, 0) is 6.08 Å². The minimum atomic E-state index is -1.25. The molecule has 1 fully saturated rings. The van der Waals surface area contributed by atoms with Gasteiger partial charge in [0, 0.05) is 26.0 Å². The van der Waals surface area contributed by atoms with Crippen molar-refractivity contribution in [3.63, 3.8) is 0 Å². The number of likely N-dealkylation sites (tertiary alicyclic amines) is 1. The molecule has 0 spiro atoms. The summed E-state index contributed by atoms with van der Waals surface area (Å²) in [6.07, 6.45) is 4.93. The molecule has 9 nitrogen and oxygen atoms in total. The Bertz CT molecular complexity index is 1050. The zero-order chi connectivity index (χ0) is 19.8. The number of nitrogens with one attached hydrogen (secondary N) is 3. The molecule has 3 N–H and O–H groups in total. The van der Waals surface area contributed by atoms with Gasteiger partial charge in [-0.3, -0.25) is 9.48 Å². The highest BCUT2D eigenvalue weighted by atomic mass is 35.5. The zero-order valence-electron chi connectivity index (χ0n) is 15.0. The molecule has 3 aromatic heterocycles. The van der Waals surface area contributed by atoms with Gasteiger partial charge in [0.25, 0.3) is 0 Å². The number of amides is 1. The maximum atomic E-state index is 14.5. The van der Waals surface area contributed by atoms with Crippen LogP contribution < -0.4 is 10.6 Å². The van der Waals surface area contributed by atoms with E-state index in [1.54, 1.807) is 30.3 Å². The molecule has 0 saturated carbocycles. The Kier molecular flexibility index (Phi) is 4.63. The van der Waals surface area contributed by atoms with Gasteiger partial charge in [-0.2, -0.15) is 15.1 Å². The number of hydrogen-bond acceptors (Lipinski definition) is 6. The lowest BCUT2D eigenvalue weighted by atomic mass is 10.2. The van der Waals surface area contributed by atoms with E-state index in [-0.39, 0.29) is 19.0 Å². The predicted octanol–water partition coefficient (Wildman–Crippen LogP) is 2.24. The average Bonchev–Trinajstić information content (AvgIpc) is 3.35. The molecule has 146 valence electrons. The summed E-state index contributed by atoms with van der Waals surface area (Å²) in [5.41, 5.74) is 1.21. The number of aryl methyl sites for hydroxylation is 1. The van der Waals surface area contributed by atoms with Crippen molar-refractivity contribution in [1.29, 1.82) is 0 Å². The van der Waals surface area contributed by atoms with E-state index < -0.39 is 12.2 Å². The second-order valence-electron chi connectivity index (χ2n) is 6.50. The minimum absolute atomic E-state index is 0.00158. The van der Waals surface area contributed by atoms with Gasteiger partial charge in [0.05, 0.1) is 34.9 Å². The Morgan fingerprint density at radius 3 is 3.00 bits per heavy atom. The summed E-state index contributed by atoms with van der Waals surface area (Å²) in [6.45, 7) is 3.64. The molecule has 1 amide bonds. The number of halogens is 2. The van der Waals surface area contributed by atoms with Crippen molar-refractivity contribution in [3.8, 4) is 0 Å². The van der Waals surface area contributed by atoms with E-state index in [2.05, 4.69) is 37.3 Å². The normalized spacial score (nSPS) is 19.2. The van der Waals surface area contributed by atoms with E-state index >= 15 is 0 Å². The van der Waals surface area contributed by atoms with Gasteiger partial charge in [-0.1, -0.05) is 18.2 Å². The van der Waals surface area contributed by atoms with Crippen LogP contribution in [0.3, 0.4) is 0 Å². The molecule has 0 unspecified atom stereocenters. The second-order valence-corrected chi connectivity index (χ2v) is 6.91. The van der Waals surface area contributed by atoms with Gasteiger partial charge in [-0.25, -0.2) is 4.39 Å². The fraction of sp³-hybridized carbons (Fsp3) is 0.294. The summed E-state index contributed by atoms with van der Waals surface area (Å²) >= 11 is 6.26. The van der Waals surface area contributed by atoms with E-state index in [9.17, 15) is 9.18 Å². The van der Waals surface area contributed by atoms with Crippen molar-refractivity contribution in [2.45, 2.75) is 12.2 Å². The number of carbonyl (C=O) groups excluding carboxylic acids is 1. The lowest BCUT2D eigenvalue weighted by molar-refractivity contribution is -0.125. The summed E-state index contributed by atoms with van der Waals surface area (Å²) in [4.78, 5) is 25.0. The van der Waals surface area contributed by atoms with Crippen LogP contribution in [-0.4, -0.2) is 60.8 Å². The van der Waals surface area contributed by atoms with E-state index in [0.29, 0.717) is 33.5 Å². The summed E-state index contributed by atoms with van der Waals surface area (Å²) in [5, 5.41) is 11.2. The lowest BCUT2D eigenvalue weighted by Gasteiger charge is -2.17. The molecule has 0 radical (unpaired) electrons. The van der Waals surface area contributed by atoms with Crippen LogP contribution in [0.5, 0.6) is 0 Å². The van der Waals surface area contributed by atoms with Crippen LogP contribution in [0.1, 0.15) is 0 Å². The van der Waals surface area contributed by atoms with Crippen molar-refractivity contribution in [2.24, 2.45) is 7.05 Å². The molecule has 4 rings (SSSR count). The molecule has 28 heavy (non-hydrogen) atoms. The smallest absolute Gasteiger partial charge is 0.246 e. The van der Waals surface area contributed by atoms with Crippen LogP contribution in [0.25, 0.3) is 11.0 Å². The van der Waals surface area contributed by atoms with Gasteiger partial charge in [0.15, 0.2) is 0 Å². The Hall–Kier alpha value is -3.14. The Morgan fingerprint density at radius 2 is 2.29 bits per heavy atom. The number of aromatic nitrogens is 5. The van der Waals surface area contributed by atoms with Gasteiger partial charge < -0.3 is 20.5 Å². The first-order valence-corrected chi connectivity index (χ1v) is 8.94. The second kappa shape index (κ2) is 7.12. The summed E-state index contributed by atoms with van der Waals surface area (Å²) < 4.78 is 16.1. The van der Waals surface area contributed by atoms with E-state index in [4.69, 9.17) is 11.6 Å². The number of fused-ring (bicyclic) bond motifs is 1. The molecule has 1 saturated heterocycles. The zero-order valence-corrected chi connectivity index (χ0v) is 15.7. The number of rotatable bonds is 5. The number of nitrogens with zero attached hydrogens (tertiary/aromatic N) is 5. The standard InChI is InChI=1S/C17H18ClFN8O/c1-3-13(28)27-7-11(19)12(8-27)23-16-14-10(18)5-20-15(14)24-17(25-16)22-9-4-21-26(2)6-9/h3-6,11-12H,1,7-8H2,2H3,(H3,20,22,23,24,25)/t11-,12-/m0/s1. The van der Waals surface area contributed by atoms with Crippen molar-refractivity contribution in [2.75, 3.05) is 23.7 Å². The van der Waals surface area contributed by atoms with Crippen molar-refractivity contribution < 1.29 is 9.18 Å². The van der Waals surface area contributed by atoms with Crippen LogP contribution in [0, 0.1) is 0 Å². The van der Waals surface area contributed by atoms with Gasteiger partial charge in [-0.15, -0.1) is 0 Å². The first kappa shape index (κ1) is 18.2. The summed E-state index contributed by atoms with van der Waals surface area (Å²) in [5.74, 6) is 0.371. The maximum Gasteiger partial charge on any atom is 0.246 e. The fourth-order valence-electron chi connectivity index (χ4n) is 3.16. The SMILES string of the molecule is C=CC(=O)N1C[C@H](Nc2nc(Nc3cnn(C)c3)nc3[nH]cc(Cl)c23)[C@@H](F)C1. The molecule has 1 aliphatic rings. The third kappa shape index (κ3) is 3.38. The highest BCUT2D eigenvalue weighted by Gasteiger charge is 2.35. The molecule has 0 aromatic carbocycles. The third-order valence-electron chi connectivity index (χ3n) is 4.50. The van der Waals surface area contributed by atoms with E-state index in [0.717, 1.165) is 0 Å². The average molecular weight is 405 g/mol. The van der Waals surface area contributed by atoms with Crippen LogP contribution in [0.4, 0.5) is 21.8 Å². The number of anilines is 3. The van der Waals surface area contributed by atoms with E-state index in [1.165, 1.54) is 11.0 Å². The van der Waals surface area contributed by atoms with E-state index in [1.807, 2.05) is 0 Å². The summed E-state index contributed by atoms with van der Waals surface area (Å²) in [6, 6.07) is -0.626. The Labute approximate surface area is 164 Å². The maximum absolute atomic E-state index is 14.5. The number of alkyl halides is 1. The fourth-order valence-corrected chi connectivity index (χ4v) is 3.39. The van der Waals surface area contributed by atoms with Crippen LogP contribution in [-0.2, 0) is 11.8 Å². The number of hydrogen-bond donors (Lipinski definition) is 3. The third-order valence-corrected chi connectivity index (χ3v) is 4.80. The predicted molar refractivity (Wildman–Crippen MR) is 104 cm³/mol. The number of aromatic amines is 1. The molecule has 0 aliphatic carbocycles. The molecule has 0 bridgehead atoms. The largest absolute Gasteiger partial charge is 0.362 e. The Balaban J connectivity index is 1.64. The molecule has 11 heteroatoms. The molecular weight excluding hydrogens is 387 g/mol. The molecule has 3 aromatic rings. The van der Waals surface area contributed by atoms with Gasteiger partial charge >= 0.3 is 0 Å². The van der Waals surface area contributed by atoms with Crippen molar-refractivity contribution in [1.82, 2.24) is 29.6 Å². The quantitative estimate of drug-likeness (QED) is 0.563. The molecule has 1 aliphatic heterocycles. The molecular formula is C17H18ClFN8O. The molecule has 4 heterocycles. The minimum Gasteiger partial charge on any atom is -0.362 e. The monoisotopic (exact) mass is 404 g/mol. The first-order chi connectivity index (χ1) is 13.4.